The zero-order valence-corrected chi connectivity index (χ0v) is 47.6. The Kier molecular flexibility index (Phi) is 50.4. The monoisotopic (exact) mass is 1020 g/mol. The molecular formula is C61H111NO8P+. The van der Waals surface area contributed by atoms with Gasteiger partial charge in [-0.05, 0) is 64.2 Å². The third-order valence-corrected chi connectivity index (χ3v) is 13.5. The first-order chi connectivity index (χ1) is 34.5. The molecule has 2 unspecified atom stereocenters. The number of nitrogens with zero attached hydrogens (tertiary/aromatic N) is 1. The maximum absolute atomic E-state index is 12.7. The molecule has 0 rings (SSSR count). The lowest BCUT2D eigenvalue weighted by molar-refractivity contribution is -0.870. The van der Waals surface area contributed by atoms with Crippen molar-refractivity contribution in [3.8, 4) is 0 Å². The van der Waals surface area contributed by atoms with E-state index in [0.717, 1.165) is 70.6 Å². The highest BCUT2D eigenvalue weighted by Crippen LogP contribution is 2.43. The highest BCUT2D eigenvalue weighted by molar-refractivity contribution is 7.47. The summed E-state index contributed by atoms with van der Waals surface area (Å²) in [4.78, 5) is 35.4. The first kappa shape index (κ1) is 68.5. The van der Waals surface area contributed by atoms with Gasteiger partial charge in [-0.1, -0.05) is 247 Å². The first-order valence-corrected chi connectivity index (χ1v) is 30.7. The van der Waals surface area contributed by atoms with Crippen LogP contribution in [0, 0.1) is 0 Å². The van der Waals surface area contributed by atoms with Gasteiger partial charge in [0.1, 0.15) is 19.8 Å². The highest BCUT2D eigenvalue weighted by atomic mass is 31.2. The number of rotatable bonds is 53. The third kappa shape index (κ3) is 56.6. The van der Waals surface area contributed by atoms with E-state index in [1.807, 2.05) is 21.1 Å². The molecule has 0 aliphatic heterocycles. The van der Waals surface area contributed by atoms with Crippen molar-refractivity contribution in [3.63, 3.8) is 0 Å². The number of esters is 2. The van der Waals surface area contributed by atoms with E-state index in [4.69, 9.17) is 18.5 Å². The van der Waals surface area contributed by atoms with Gasteiger partial charge in [-0.2, -0.15) is 0 Å². The molecule has 0 aromatic carbocycles. The number of hydrogen-bond acceptors (Lipinski definition) is 7. The molecule has 1 N–H and O–H groups in total. The first-order valence-electron chi connectivity index (χ1n) is 29.2. The smallest absolute Gasteiger partial charge is 0.462 e. The van der Waals surface area contributed by atoms with Crippen molar-refractivity contribution in [1.29, 1.82) is 0 Å². The molecule has 0 aromatic rings. The Labute approximate surface area is 438 Å². The molecule has 0 aliphatic carbocycles. The predicted octanol–water partition coefficient (Wildman–Crippen LogP) is 18.1. The zero-order valence-electron chi connectivity index (χ0n) is 46.7. The summed E-state index contributed by atoms with van der Waals surface area (Å²) >= 11 is 0. The number of carbonyl (C=O) groups excluding carboxylic acids is 2. The zero-order chi connectivity index (χ0) is 52.0. The molecule has 9 nitrogen and oxygen atoms in total. The Morgan fingerprint density at radius 1 is 0.451 bits per heavy atom. The summed E-state index contributed by atoms with van der Waals surface area (Å²) in [6.07, 6.45) is 68.7. The molecule has 10 heteroatoms. The number of ether oxygens (including phenoxy) is 2. The van der Waals surface area contributed by atoms with Crippen LogP contribution >= 0.6 is 7.82 Å². The summed E-state index contributed by atoms with van der Waals surface area (Å²) in [5.41, 5.74) is 0. The number of hydrogen-bond donors (Lipinski definition) is 1. The molecule has 0 fully saturated rings. The summed E-state index contributed by atoms with van der Waals surface area (Å²) in [5, 5.41) is 0. The van der Waals surface area contributed by atoms with Gasteiger partial charge in [-0.3, -0.25) is 18.6 Å². The average Bonchev–Trinajstić information content (AvgIpc) is 3.33. The fraction of sp³-hybridized carbons (Fsp3) is 0.770. The minimum atomic E-state index is -4.37. The summed E-state index contributed by atoms with van der Waals surface area (Å²) in [7, 11) is 1.48. The van der Waals surface area contributed by atoms with Crippen LogP contribution in [0.2, 0.25) is 0 Å². The number of carbonyl (C=O) groups is 2. The molecule has 0 aliphatic rings. The minimum Gasteiger partial charge on any atom is -0.462 e. The molecule has 0 saturated carbocycles. The van der Waals surface area contributed by atoms with Crippen LogP contribution in [0.4, 0.5) is 0 Å². The largest absolute Gasteiger partial charge is 0.472 e. The molecule has 412 valence electrons. The van der Waals surface area contributed by atoms with E-state index in [2.05, 4.69) is 86.8 Å². The van der Waals surface area contributed by atoms with Crippen molar-refractivity contribution in [2.45, 2.75) is 258 Å². The molecule has 0 aromatic heterocycles. The van der Waals surface area contributed by atoms with Crippen LogP contribution in [-0.4, -0.2) is 74.9 Å². The minimum absolute atomic E-state index is 0.0327. The molecule has 0 heterocycles. The number of phosphoric acid groups is 1. The molecule has 0 bridgehead atoms. The van der Waals surface area contributed by atoms with Crippen LogP contribution in [0.15, 0.2) is 72.9 Å². The van der Waals surface area contributed by atoms with Gasteiger partial charge in [0.05, 0.1) is 27.7 Å². The van der Waals surface area contributed by atoms with E-state index < -0.39 is 26.5 Å². The van der Waals surface area contributed by atoms with Crippen molar-refractivity contribution in [2.75, 3.05) is 47.5 Å². The van der Waals surface area contributed by atoms with Crippen molar-refractivity contribution < 1.29 is 42.1 Å². The molecule has 0 spiro atoms. The van der Waals surface area contributed by atoms with Crippen LogP contribution in [0.3, 0.4) is 0 Å². The number of quaternary nitrogens is 1. The summed E-state index contributed by atoms with van der Waals surface area (Å²) in [6, 6.07) is 0. The quantitative estimate of drug-likeness (QED) is 0.0211. The standard InChI is InChI=1S/C61H110NO8P/c1-6-8-10-12-14-16-17-18-19-20-21-22-23-24-25-26-27-28-29-30-31-32-33-34-35-36-37-38-39-40-41-42-43-44-45-46-48-50-52-54-61(64)70-59(58-69-71(65,66)68-56-55-62(3,4)5)57-67-60(63)53-51-49-47-15-13-11-9-7-2/h8,10,14,16,18-19,21-22,24-25,27-28,59H,6-7,9,11-13,15,17,20,23,26,29-58H2,1-5H3/p+1/b10-8-,16-14-,19-18-,22-21-,25-24-,28-27-. The van der Waals surface area contributed by atoms with Gasteiger partial charge in [0.25, 0.3) is 0 Å². The Morgan fingerprint density at radius 2 is 0.803 bits per heavy atom. The van der Waals surface area contributed by atoms with Crippen LogP contribution in [0.25, 0.3) is 0 Å². The molecule has 0 saturated heterocycles. The normalized spacial score (nSPS) is 13.8. The van der Waals surface area contributed by atoms with Gasteiger partial charge in [0.2, 0.25) is 0 Å². The summed E-state index contributed by atoms with van der Waals surface area (Å²) in [6.45, 7) is 4.29. The molecule has 0 radical (unpaired) electrons. The summed E-state index contributed by atoms with van der Waals surface area (Å²) < 4.78 is 34.4. The van der Waals surface area contributed by atoms with Crippen molar-refractivity contribution >= 4 is 19.8 Å². The summed E-state index contributed by atoms with van der Waals surface area (Å²) in [5.74, 6) is -0.795. The van der Waals surface area contributed by atoms with Crippen LogP contribution in [-0.2, 0) is 32.7 Å². The number of phosphoric ester groups is 1. The van der Waals surface area contributed by atoms with Crippen molar-refractivity contribution in [2.24, 2.45) is 0 Å². The van der Waals surface area contributed by atoms with Gasteiger partial charge in [0, 0.05) is 12.8 Å². The van der Waals surface area contributed by atoms with Crippen LogP contribution < -0.4 is 0 Å². The Bertz CT molecular complexity index is 1430. The SMILES string of the molecule is CC/C=C\C/C=C\C/C=C\C/C=C\C/C=C\C/C=C\CCCCCCCCCCCCCCCCCCCCCCC(=O)OC(COC(=O)CCCCCCCCCC)COP(=O)(O)OCC[N+](C)(C)C. The van der Waals surface area contributed by atoms with Gasteiger partial charge in [-0.15, -0.1) is 0 Å². The van der Waals surface area contributed by atoms with E-state index in [-0.39, 0.29) is 25.6 Å². The van der Waals surface area contributed by atoms with E-state index in [9.17, 15) is 19.0 Å². The lowest BCUT2D eigenvalue weighted by atomic mass is 10.0. The van der Waals surface area contributed by atoms with E-state index in [1.54, 1.807) is 0 Å². The predicted molar refractivity (Wildman–Crippen MR) is 302 cm³/mol. The fourth-order valence-electron chi connectivity index (χ4n) is 8.02. The van der Waals surface area contributed by atoms with Crippen molar-refractivity contribution in [1.82, 2.24) is 0 Å². The number of unbranched alkanes of at least 4 members (excludes halogenated alkanes) is 27. The van der Waals surface area contributed by atoms with Gasteiger partial charge < -0.3 is 18.9 Å². The second-order valence-electron chi connectivity index (χ2n) is 20.7. The average molecular weight is 1020 g/mol. The molecule has 0 amide bonds. The van der Waals surface area contributed by atoms with E-state index in [0.29, 0.717) is 23.9 Å². The van der Waals surface area contributed by atoms with Gasteiger partial charge in [-0.25, -0.2) is 4.57 Å². The van der Waals surface area contributed by atoms with Gasteiger partial charge in [0.15, 0.2) is 6.10 Å². The fourth-order valence-corrected chi connectivity index (χ4v) is 8.76. The topological polar surface area (TPSA) is 108 Å². The molecule has 71 heavy (non-hydrogen) atoms. The Morgan fingerprint density at radius 3 is 1.20 bits per heavy atom. The van der Waals surface area contributed by atoms with E-state index >= 15 is 0 Å². The maximum Gasteiger partial charge on any atom is 0.472 e. The maximum atomic E-state index is 12.7. The van der Waals surface area contributed by atoms with Gasteiger partial charge >= 0.3 is 19.8 Å². The van der Waals surface area contributed by atoms with Crippen molar-refractivity contribution in [3.05, 3.63) is 72.9 Å². The second-order valence-corrected chi connectivity index (χ2v) is 22.1. The third-order valence-electron chi connectivity index (χ3n) is 12.5. The van der Waals surface area contributed by atoms with Crippen LogP contribution in [0.1, 0.15) is 251 Å². The Hall–Kier alpha value is -2.55. The lowest BCUT2D eigenvalue weighted by Gasteiger charge is -2.24. The van der Waals surface area contributed by atoms with E-state index in [1.165, 1.54) is 148 Å². The molecular weight excluding hydrogens is 906 g/mol. The lowest BCUT2D eigenvalue weighted by Crippen LogP contribution is -2.37. The Balaban J connectivity index is 3.85. The second kappa shape index (κ2) is 52.3. The number of likely N-dealkylation sites (N-methyl/N-ethyl adjacent to an activating group) is 1. The molecule has 2 atom stereocenters. The highest BCUT2D eigenvalue weighted by Gasteiger charge is 2.27. The number of allylic oxidation sites excluding steroid dienone is 12. The van der Waals surface area contributed by atoms with Crippen LogP contribution in [0.5, 0.6) is 0 Å².